The summed E-state index contributed by atoms with van der Waals surface area (Å²) >= 11 is 6.04. The number of rotatable bonds is 5. The van der Waals surface area contributed by atoms with Crippen molar-refractivity contribution in [3.8, 4) is 0 Å². The normalized spacial score (nSPS) is 18.4. The first kappa shape index (κ1) is 24.8. The summed E-state index contributed by atoms with van der Waals surface area (Å²) in [6.45, 7) is 2.06. The van der Waals surface area contributed by atoms with Gasteiger partial charge in [0, 0.05) is 55.7 Å². The smallest absolute Gasteiger partial charge is 0.252 e. The number of pyridine rings is 1. The number of piperidine rings is 1. The molecule has 3 heterocycles. The molecule has 9 nitrogen and oxygen atoms in total. The monoisotopic (exact) mass is 528 g/mol. The van der Waals surface area contributed by atoms with E-state index in [-0.39, 0.29) is 29.9 Å². The Balaban J connectivity index is 1.22. The van der Waals surface area contributed by atoms with Crippen molar-refractivity contribution < 1.29 is 13.2 Å². The number of hydrazine groups is 1. The average molecular weight is 529 g/mol. The molecule has 0 bridgehead atoms. The zero-order valence-electron chi connectivity index (χ0n) is 20.0. The zero-order valence-corrected chi connectivity index (χ0v) is 21.6. The fourth-order valence-corrected chi connectivity index (χ4v) is 6.61. The molecule has 2 fully saturated rings. The van der Waals surface area contributed by atoms with Crippen molar-refractivity contribution >= 4 is 49.8 Å². The standard InChI is InChI=1S/C25H29ClN6O3S/c1-29(21-7-10-30(11-8-21)22-6-9-28-24(27)16-22)32-13-12-31(17-25(32)33)36(34,35)23-5-3-18-14-20(26)4-2-19(18)15-23/h2-6,9,14-16,21H,7-8,10-13,17H2,1H3,(H2,27,28). The molecule has 1 amide bonds. The zero-order chi connectivity index (χ0) is 25.4. The van der Waals surface area contributed by atoms with E-state index in [0.717, 1.165) is 42.4 Å². The number of sulfonamides is 1. The van der Waals surface area contributed by atoms with Crippen molar-refractivity contribution in [3.05, 3.63) is 59.8 Å². The molecule has 2 aliphatic heterocycles. The maximum atomic E-state index is 13.3. The first-order valence-electron chi connectivity index (χ1n) is 11.9. The molecule has 2 aromatic carbocycles. The third-order valence-electron chi connectivity index (χ3n) is 7.08. The number of anilines is 2. The highest BCUT2D eigenvalue weighted by atomic mass is 35.5. The van der Waals surface area contributed by atoms with Gasteiger partial charge in [-0.3, -0.25) is 9.80 Å². The summed E-state index contributed by atoms with van der Waals surface area (Å²) in [6, 6.07) is 14.3. The number of carbonyl (C=O) groups is 1. The second-order valence-corrected chi connectivity index (χ2v) is 11.6. The maximum Gasteiger partial charge on any atom is 0.252 e. The van der Waals surface area contributed by atoms with Crippen molar-refractivity contribution in [2.75, 3.05) is 50.4 Å². The molecule has 0 saturated carbocycles. The number of hydrogen-bond donors (Lipinski definition) is 1. The summed E-state index contributed by atoms with van der Waals surface area (Å²) < 4.78 is 27.9. The molecular formula is C25H29ClN6O3S. The molecule has 1 aromatic heterocycles. The van der Waals surface area contributed by atoms with E-state index >= 15 is 0 Å². The highest BCUT2D eigenvalue weighted by Gasteiger charge is 2.36. The van der Waals surface area contributed by atoms with Gasteiger partial charge in [-0.2, -0.15) is 4.31 Å². The molecule has 2 aliphatic rings. The summed E-state index contributed by atoms with van der Waals surface area (Å²) in [5.74, 6) is 0.280. The molecule has 0 atom stereocenters. The van der Waals surface area contributed by atoms with Crippen LogP contribution in [0.25, 0.3) is 10.8 Å². The summed E-state index contributed by atoms with van der Waals surface area (Å²) in [4.78, 5) is 19.6. The predicted molar refractivity (Wildman–Crippen MR) is 141 cm³/mol. The average Bonchev–Trinajstić information content (AvgIpc) is 2.88. The van der Waals surface area contributed by atoms with Crippen LogP contribution in [0, 0.1) is 0 Å². The van der Waals surface area contributed by atoms with Crippen molar-refractivity contribution in [3.63, 3.8) is 0 Å². The number of halogens is 1. The Morgan fingerprint density at radius 1 is 1.00 bits per heavy atom. The Morgan fingerprint density at radius 3 is 2.44 bits per heavy atom. The van der Waals surface area contributed by atoms with Gasteiger partial charge in [-0.05, 0) is 53.9 Å². The summed E-state index contributed by atoms with van der Waals surface area (Å²) in [5.41, 5.74) is 6.87. The highest BCUT2D eigenvalue weighted by molar-refractivity contribution is 7.89. The number of nitrogens with two attached hydrogens (primary N) is 1. The van der Waals surface area contributed by atoms with Gasteiger partial charge in [0.25, 0.3) is 5.91 Å². The number of carbonyl (C=O) groups excluding carboxylic acids is 1. The number of benzene rings is 2. The predicted octanol–water partition coefficient (Wildman–Crippen LogP) is 2.82. The number of nitrogens with zero attached hydrogens (tertiary/aromatic N) is 5. The van der Waals surface area contributed by atoms with Crippen LogP contribution in [-0.2, 0) is 14.8 Å². The van der Waals surface area contributed by atoms with E-state index in [1.165, 1.54) is 4.31 Å². The summed E-state index contributed by atoms with van der Waals surface area (Å²) in [6.07, 6.45) is 3.47. The van der Waals surface area contributed by atoms with Crippen LogP contribution in [0.3, 0.4) is 0 Å². The van der Waals surface area contributed by atoms with Gasteiger partial charge in [0.05, 0.1) is 18.0 Å². The second-order valence-electron chi connectivity index (χ2n) is 9.24. The van der Waals surface area contributed by atoms with E-state index in [2.05, 4.69) is 9.88 Å². The van der Waals surface area contributed by atoms with Crippen LogP contribution < -0.4 is 10.6 Å². The lowest BCUT2D eigenvalue weighted by Crippen LogP contribution is -2.60. The van der Waals surface area contributed by atoms with Gasteiger partial charge in [-0.25, -0.2) is 18.4 Å². The topological polar surface area (TPSA) is 103 Å². The minimum atomic E-state index is -3.80. The van der Waals surface area contributed by atoms with E-state index in [0.29, 0.717) is 17.4 Å². The van der Waals surface area contributed by atoms with E-state index in [1.807, 2.05) is 24.2 Å². The number of piperazine rings is 1. The molecule has 0 unspecified atom stereocenters. The first-order valence-corrected chi connectivity index (χ1v) is 13.7. The quantitative estimate of drug-likeness (QED) is 0.543. The third-order valence-corrected chi connectivity index (χ3v) is 9.15. The Labute approximate surface area is 216 Å². The van der Waals surface area contributed by atoms with Crippen LogP contribution in [-0.4, -0.2) is 79.4 Å². The Morgan fingerprint density at radius 2 is 1.72 bits per heavy atom. The maximum absolute atomic E-state index is 13.3. The fourth-order valence-electron chi connectivity index (χ4n) is 5.01. The van der Waals surface area contributed by atoms with Crippen molar-refractivity contribution in [2.24, 2.45) is 0 Å². The van der Waals surface area contributed by atoms with Gasteiger partial charge in [-0.1, -0.05) is 23.7 Å². The highest BCUT2D eigenvalue weighted by Crippen LogP contribution is 2.27. The number of aromatic nitrogens is 1. The van der Waals surface area contributed by atoms with Crippen LogP contribution in [0.4, 0.5) is 11.5 Å². The molecule has 2 N–H and O–H groups in total. The van der Waals surface area contributed by atoms with Crippen LogP contribution in [0.1, 0.15) is 12.8 Å². The van der Waals surface area contributed by atoms with Gasteiger partial charge >= 0.3 is 0 Å². The largest absolute Gasteiger partial charge is 0.384 e. The Hall–Kier alpha value is -2.92. The Bertz CT molecular complexity index is 1390. The third kappa shape index (κ3) is 4.86. The van der Waals surface area contributed by atoms with Gasteiger partial charge in [0.15, 0.2) is 0 Å². The lowest BCUT2D eigenvalue weighted by Gasteiger charge is -2.45. The second kappa shape index (κ2) is 9.85. The summed E-state index contributed by atoms with van der Waals surface area (Å²) in [7, 11) is -1.88. The first-order chi connectivity index (χ1) is 17.2. The minimum absolute atomic E-state index is 0.177. The molecule has 11 heteroatoms. The molecule has 0 radical (unpaired) electrons. The van der Waals surface area contributed by atoms with Gasteiger partial charge < -0.3 is 10.6 Å². The lowest BCUT2D eigenvalue weighted by atomic mass is 10.0. The molecule has 36 heavy (non-hydrogen) atoms. The van der Waals surface area contributed by atoms with Crippen molar-refractivity contribution in [1.82, 2.24) is 19.3 Å². The van der Waals surface area contributed by atoms with Crippen LogP contribution in [0.5, 0.6) is 0 Å². The summed E-state index contributed by atoms with van der Waals surface area (Å²) in [5, 5.41) is 5.92. The number of fused-ring (bicyclic) bond motifs is 1. The molecule has 0 aliphatic carbocycles. The van der Waals surface area contributed by atoms with Crippen molar-refractivity contribution in [1.29, 1.82) is 0 Å². The van der Waals surface area contributed by atoms with E-state index in [4.69, 9.17) is 17.3 Å². The van der Waals surface area contributed by atoms with Crippen LogP contribution >= 0.6 is 11.6 Å². The van der Waals surface area contributed by atoms with E-state index in [9.17, 15) is 13.2 Å². The van der Waals surface area contributed by atoms with Crippen LogP contribution in [0.15, 0.2) is 59.6 Å². The molecular weight excluding hydrogens is 500 g/mol. The number of hydrogen-bond acceptors (Lipinski definition) is 7. The molecule has 0 spiro atoms. The number of nitrogen functional groups attached to an aromatic ring is 1. The van der Waals surface area contributed by atoms with Crippen molar-refractivity contribution in [2.45, 2.75) is 23.8 Å². The van der Waals surface area contributed by atoms with Gasteiger partial charge in [0.2, 0.25) is 10.0 Å². The van der Waals surface area contributed by atoms with E-state index < -0.39 is 10.0 Å². The molecule has 3 aromatic rings. The van der Waals surface area contributed by atoms with Crippen LogP contribution in [0.2, 0.25) is 5.02 Å². The molecule has 190 valence electrons. The van der Waals surface area contributed by atoms with Gasteiger partial charge in [-0.15, -0.1) is 0 Å². The number of amides is 1. The lowest BCUT2D eigenvalue weighted by molar-refractivity contribution is -0.156. The minimum Gasteiger partial charge on any atom is -0.384 e. The van der Waals surface area contributed by atoms with Gasteiger partial charge in [0.1, 0.15) is 5.82 Å². The Kier molecular flexibility index (Phi) is 6.78. The molecule has 2 saturated heterocycles. The SMILES string of the molecule is CN(C1CCN(c2ccnc(N)c2)CC1)N1CCN(S(=O)(=O)c2ccc3cc(Cl)ccc3c2)CC1=O. The van der Waals surface area contributed by atoms with E-state index in [1.54, 1.807) is 47.6 Å². The fraction of sp³-hybridized carbons (Fsp3) is 0.360. The molecule has 5 rings (SSSR count).